The SMILES string of the molecule is CCOc1ccc(C2CC(=O)N(c3ccc(Cl)c(C(=O)O)c3)C3=C2C(=O)CC(c2ccccc2)C3)cc1. The second-order valence-electron chi connectivity index (χ2n) is 9.26. The Kier molecular flexibility index (Phi) is 6.85. The number of ketones is 1. The van der Waals surface area contributed by atoms with Crippen molar-refractivity contribution in [2.45, 2.75) is 38.0 Å². The first-order chi connectivity index (χ1) is 17.9. The minimum absolute atomic E-state index is 0.00101. The van der Waals surface area contributed by atoms with E-state index in [2.05, 4.69) is 0 Å². The Labute approximate surface area is 220 Å². The maximum atomic E-state index is 13.7. The minimum Gasteiger partial charge on any atom is -0.494 e. The first-order valence-corrected chi connectivity index (χ1v) is 12.6. The van der Waals surface area contributed by atoms with Gasteiger partial charge in [-0.2, -0.15) is 0 Å². The molecule has 1 aliphatic heterocycles. The van der Waals surface area contributed by atoms with Gasteiger partial charge in [-0.1, -0.05) is 54.1 Å². The molecule has 0 fully saturated rings. The van der Waals surface area contributed by atoms with E-state index in [1.807, 2.05) is 61.5 Å². The fraction of sp³-hybridized carbons (Fsp3) is 0.233. The highest BCUT2D eigenvalue weighted by Gasteiger charge is 2.42. The zero-order valence-corrected chi connectivity index (χ0v) is 21.1. The number of carboxylic acids is 1. The van der Waals surface area contributed by atoms with Crippen molar-refractivity contribution < 1.29 is 24.2 Å². The van der Waals surface area contributed by atoms with E-state index in [4.69, 9.17) is 16.3 Å². The fourth-order valence-corrected chi connectivity index (χ4v) is 5.56. The van der Waals surface area contributed by atoms with Crippen LogP contribution in [0.25, 0.3) is 0 Å². The van der Waals surface area contributed by atoms with Crippen molar-refractivity contribution in [3.05, 3.63) is 106 Å². The molecular weight excluding hydrogens is 490 g/mol. The number of rotatable bonds is 6. The highest BCUT2D eigenvalue weighted by atomic mass is 35.5. The topological polar surface area (TPSA) is 83.9 Å². The van der Waals surface area contributed by atoms with Crippen LogP contribution in [-0.4, -0.2) is 29.4 Å². The number of aromatic carboxylic acids is 1. The standard InChI is InChI=1S/C30H26ClNO5/c1-2-37-22-11-8-19(9-12-22)23-17-28(34)32(21-10-13-25(31)24(16-21)30(35)36)26-14-20(15-27(33)29(23)26)18-6-4-3-5-7-18/h3-13,16,20,23H,2,14-15,17H2,1H3,(H,35,36). The van der Waals surface area contributed by atoms with Gasteiger partial charge in [0.1, 0.15) is 5.75 Å². The van der Waals surface area contributed by atoms with Crippen LogP contribution >= 0.6 is 11.6 Å². The van der Waals surface area contributed by atoms with Gasteiger partial charge < -0.3 is 9.84 Å². The van der Waals surface area contributed by atoms with Crippen molar-refractivity contribution in [2.24, 2.45) is 0 Å². The predicted molar refractivity (Wildman–Crippen MR) is 141 cm³/mol. The van der Waals surface area contributed by atoms with E-state index in [-0.39, 0.29) is 40.5 Å². The molecule has 0 bridgehead atoms. The molecule has 2 atom stereocenters. The highest BCUT2D eigenvalue weighted by molar-refractivity contribution is 6.33. The number of allylic oxidation sites excluding steroid dienone is 2. The number of benzene rings is 3. The molecule has 37 heavy (non-hydrogen) atoms. The number of amides is 1. The molecule has 1 aliphatic carbocycles. The van der Waals surface area contributed by atoms with Gasteiger partial charge in [0, 0.05) is 35.7 Å². The molecule has 3 aromatic carbocycles. The molecule has 2 aliphatic rings. The molecule has 188 valence electrons. The van der Waals surface area contributed by atoms with E-state index >= 15 is 0 Å². The summed E-state index contributed by atoms with van der Waals surface area (Å²) >= 11 is 6.11. The number of carbonyl (C=O) groups is 3. The summed E-state index contributed by atoms with van der Waals surface area (Å²) in [5, 5.41) is 9.69. The lowest BCUT2D eigenvalue weighted by molar-refractivity contribution is -0.120. The van der Waals surface area contributed by atoms with E-state index in [9.17, 15) is 19.5 Å². The maximum absolute atomic E-state index is 13.7. The Hall–Kier alpha value is -3.90. The van der Waals surface area contributed by atoms with E-state index in [0.717, 1.165) is 16.9 Å². The third-order valence-corrected chi connectivity index (χ3v) is 7.36. The Balaban J connectivity index is 1.64. The van der Waals surface area contributed by atoms with Crippen LogP contribution in [0.1, 0.15) is 59.5 Å². The van der Waals surface area contributed by atoms with Crippen LogP contribution in [0.15, 0.2) is 84.1 Å². The van der Waals surface area contributed by atoms with Crippen LogP contribution in [-0.2, 0) is 9.59 Å². The van der Waals surface area contributed by atoms with Gasteiger partial charge in [0.15, 0.2) is 5.78 Å². The molecule has 1 amide bonds. The summed E-state index contributed by atoms with van der Waals surface area (Å²) in [6.45, 7) is 2.46. The number of Topliss-reactive ketones (excluding diaryl/α,β-unsaturated/α-hetero) is 1. The van der Waals surface area contributed by atoms with Gasteiger partial charge >= 0.3 is 5.97 Å². The van der Waals surface area contributed by atoms with E-state index < -0.39 is 5.97 Å². The summed E-state index contributed by atoms with van der Waals surface area (Å²) in [5.74, 6) is -1.12. The first-order valence-electron chi connectivity index (χ1n) is 12.3. The number of nitrogens with zero attached hydrogens (tertiary/aromatic N) is 1. The summed E-state index contributed by atoms with van der Waals surface area (Å²) in [6.07, 6.45) is 0.925. The van der Waals surface area contributed by atoms with Crippen LogP contribution in [0.4, 0.5) is 5.69 Å². The summed E-state index contributed by atoms with van der Waals surface area (Å²) < 4.78 is 5.56. The number of ether oxygens (including phenoxy) is 1. The van der Waals surface area contributed by atoms with E-state index in [1.54, 1.807) is 6.07 Å². The lowest BCUT2D eigenvalue weighted by Gasteiger charge is -2.40. The normalized spacial score (nSPS) is 19.6. The number of carboxylic acid groups (broad SMARTS) is 1. The number of hydrogen-bond donors (Lipinski definition) is 1. The van der Waals surface area contributed by atoms with Crippen LogP contribution in [0.3, 0.4) is 0 Å². The third kappa shape index (κ3) is 4.77. The summed E-state index contributed by atoms with van der Waals surface area (Å²) in [5.41, 5.74) is 3.44. The van der Waals surface area contributed by atoms with Crippen LogP contribution < -0.4 is 9.64 Å². The van der Waals surface area contributed by atoms with Crippen molar-refractivity contribution in [3.63, 3.8) is 0 Å². The quantitative estimate of drug-likeness (QED) is 0.413. The molecule has 0 radical (unpaired) electrons. The van der Waals surface area contributed by atoms with Gasteiger partial charge in [-0.25, -0.2) is 4.79 Å². The molecule has 6 nitrogen and oxygen atoms in total. The van der Waals surface area contributed by atoms with Gasteiger partial charge in [-0.05, 0) is 60.7 Å². The maximum Gasteiger partial charge on any atom is 0.337 e. The molecule has 0 aromatic heterocycles. The van der Waals surface area contributed by atoms with E-state index in [0.29, 0.717) is 36.4 Å². The van der Waals surface area contributed by atoms with Crippen molar-refractivity contribution >= 4 is 34.9 Å². The molecule has 1 N–H and O–H groups in total. The van der Waals surface area contributed by atoms with Crippen molar-refractivity contribution in [2.75, 3.05) is 11.5 Å². The summed E-state index contributed by atoms with van der Waals surface area (Å²) in [4.78, 5) is 40.7. The first kappa shape index (κ1) is 24.8. The van der Waals surface area contributed by atoms with Gasteiger partial charge in [0.05, 0.1) is 17.2 Å². The number of anilines is 1. The second kappa shape index (κ2) is 10.2. The number of halogens is 1. The van der Waals surface area contributed by atoms with Gasteiger partial charge in [-0.3, -0.25) is 14.5 Å². The largest absolute Gasteiger partial charge is 0.494 e. The molecule has 3 aromatic rings. The lowest BCUT2D eigenvalue weighted by Crippen LogP contribution is -2.41. The monoisotopic (exact) mass is 515 g/mol. The minimum atomic E-state index is -1.18. The average Bonchev–Trinajstić information content (AvgIpc) is 2.89. The Morgan fingerprint density at radius 2 is 1.70 bits per heavy atom. The average molecular weight is 516 g/mol. The predicted octanol–water partition coefficient (Wildman–Crippen LogP) is 6.36. The molecule has 1 heterocycles. The van der Waals surface area contributed by atoms with E-state index in [1.165, 1.54) is 17.0 Å². The fourth-order valence-electron chi connectivity index (χ4n) is 5.36. The number of carbonyl (C=O) groups excluding carboxylic acids is 2. The van der Waals surface area contributed by atoms with Crippen molar-refractivity contribution in [1.82, 2.24) is 0 Å². The molecule has 0 spiro atoms. The van der Waals surface area contributed by atoms with Gasteiger partial charge in [0.2, 0.25) is 5.91 Å². The molecule has 7 heteroatoms. The molecular formula is C30H26ClNO5. The van der Waals surface area contributed by atoms with Crippen LogP contribution in [0, 0.1) is 0 Å². The van der Waals surface area contributed by atoms with Crippen LogP contribution in [0.5, 0.6) is 5.75 Å². The molecule has 0 saturated carbocycles. The Morgan fingerprint density at radius 3 is 2.38 bits per heavy atom. The van der Waals surface area contributed by atoms with Gasteiger partial charge in [0.25, 0.3) is 0 Å². The molecule has 5 rings (SSSR count). The van der Waals surface area contributed by atoms with Crippen LogP contribution in [0.2, 0.25) is 5.02 Å². The highest BCUT2D eigenvalue weighted by Crippen LogP contribution is 2.47. The second-order valence-corrected chi connectivity index (χ2v) is 9.66. The summed E-state index contributed by atoms with van der Waals surface area (Å²) in [6, 6.07) is 21.8. The molecule has 0 saturated heterocycles. The lowest BCUT2D eigenvalue weighted by atomic mass is 9.72. The van der Waals surface area contributed by atoms with Crippen molar-refractivity contribution in [3.8, 4) is 5.75 Å². The number of hydrogen-bond acceptors (Lipinski definition) is 4. The Morgan fingerprint density at radius 1 is 0.973 bits per heavy atom. The third-order valence-electron chi connectivity index (χ3n) is 7.03. The zero-order valence-electron chi connectivity index (χ0n) is 20.3. The Bertz CT molecular complexity index is 1400. The zero-order chi connectivity index (χ0) is 26.1. The summed E-state index contributed by atoms with van der Waals surface area (Å²) in [7, 11) is 0. The molecule has 2 unspecified atom stereocenters. The van der Waals surface area contributed by atoms with Crippen molar-refractivity contribution in [1.29, 1.82) is 0 Å². The van der Waals surface area contributed by atoms with Gasteiger partial charge in [-0.15, -0.1) is 0 Å². The smallest absolute Gasteiger partial charge is 0.337 e.